The fourth-order valence-electron chi connectivity index (χ4n) is 4.62. The number of aromatic nitrogens is 4. The number of benzene rings is 3. The van der Waals surface area contributed by atoms with E-state index in [1.165, 1.54) is 20.2 Å². The van der Waals surface area contributed by atoms with Crippen molar-refractivity contribution in [1.29, 1.82) is 0 Å². The second-order valence-corrected chi connectivity index (χ2v) is 8.82. The lowest BCUT2D eigenvalue weighted by molar-refractivity contribution is 1.08. The van der Waals surface area contributed by atoms with Crippen molar-refractivity contribution in [3.8, 4) is 16.9 Å². The Morgan fingerprint density at radius 2 is 1.47 bits per heavy atom. The van der Waals surface area contributed by atoms with E-state index in [0.717, 1.165) is 38.9 Å². The molecular formula is C27H16N4S. The largest absolute Gasteiger partial charge is 0.304 e. The molecule has 32 heavy (non-hydrogen) atoms. The minimum absolute atomic E-state index is 0.911. The van der Waals surface area contributed by atoms with Crippen molar-refractivity contribution in [2.45, 2.75) is 0 Å². The Hall–Kier alpha value is -4.09. The number of thiophene rings is 1. The standard InChI is InChI=1S/C27H16N4S/c1-2-8-17(9-3-1)24-22(15-28-16-30-24)31-21-12-6-4-10-18(21)20-14-29-25-19-11-5-7-13-23(19)32-27(25)26(20)31/h1-16H. The SMILES string of the molecule is c1ccc(-c2ncncc2-n2c3ccccc3c3cnc4c5ccccc5sc4c32)cc1. The lowest BCUT2D eigenvalue weighted by atomic mass is 10.1. The van der Waals surface area contributed by atoms with E-state index in [1.54, 1.807) is 17.7 Å². The van der Waals surface area contributed by atoms with E-state index in [-0.39, 0.29) is 0 Å². The molecule has 0 aliphatic rings. The Bertz CT molecular complexity index is 1780. The van der Waals surface area contributed by atoms with Crippen LogP contribution in [0.25, 0.3) is 59.1 Å². The maximum absolute atomic E-state index is 4.90. The molecule has 7 aromatic rings. The first-order chi connectivity index (χ1) is 15.9. The first-order valence-electron chi connectivity index (χ1n) is 10.5. The molecule has 150 valence electrons. The first kappa shape index (κ1) is 17.6. The van der Waals surface area contributed by atoms with Crippen LogP contribution < -0.4 is 0 Å². The second-order valence-electron chi connectivity index (χ2n) is 7.77. The van der Waals surface area contributed by atoms with Crippen LogP contribution in [-0.4, -0.2) is 19.5 Å². The molecule has 0 bridgehead atoms. The van der Waals surface area contributed by atoms with Crippen LogP contribution in [0.5, 0.6) is 0 Å². The van der Waals surface area contributed by atoms with Crippen LogP contribution in [-0.2, 0) is 0 Å². The topological polar surface area (TPSA) is 43.6 Å². The minimum Gasteiger partial charge on any atom is -0.304 e. The Labute approximate surface area is 187 Å². The Kier molecular flexibility index (Phi) is 3.68. The lowest BCUT2D eigenvalue weighted by Crippen LogP contribution is -2.00. The molecule has 0 aliphatic heterocycles. The summed E-state index contributed by atoms with van der Waals surface area (Å²) >= 11 is 1.79. The van der Waals surface area contributed by atoms with E-state index >= 15 is 0 Å². The molecule has 0 radical (unpaired) electrons. The molecule has 0 N–H and O–H groups in total. The van der Waals surface area contributed by atoms with Gasteiger partial charge < -0.3 is 4.57 Å². The van der Waals surface area contributed by atoms with Gasteiger partial charge in [-0.1, -0.05) is 66.7 Å². The van der Waals surface area contributed by atoms with Crippen LogP contribution in [0.3, 0.4) is 0 Å². The van der Waals surface area contributed by atoms with Crippen molar-refractivity contribution in [3.05, 3.63) is 97.6 Å². The zero-order chi connectivity index (χ0) is 21.1. The third-order valence-electron chi connectivity index (χ3n) is 6.00. The van der Waals surface area contributed by atoms with Gasteiger partial charge in [0.15, 0.2) is 0 Å². The quantitative estimate of drug-likeness (QED) is 0.298. The summed E-state index contributed by atoms with van der Waals surface area (Å²) in [7, 11) is 0. The van der Waals surface area contributed by atoms with Gasteiger partial charge in [0.1, 0.15) is 6.33 Å². The van der Waals surface area contributed by atoms with Gasteiger partial charge in [0.05, 0.1) is 38.8 Å². The summed E-state index contributed by atoms with van der Waals surface area (Å²) in [5.41, 5.74) is 6.27. The number of pyridine rings is 1. The van der Waals surface area contributed by atoms with E-state index < -0.39 is 0 Å². The van der Waals surface area contributed by atoms with E-state index in [9.17, 15) is 0 Å². The van der Waals surface area contributed by atoms with Crippen molar-refractivity contribution in [2.75, 3.05) is 0 Å². The summed E-state index contributed by atoms with van der Waals surface area (Å²) in [6.07, 6.45) is 5.55. The molecule has 0 unspecified atom stereocenters. The second kappa shape index (κ2) is 6.70. The summed E-state index contributed by atoms with van der Waals surface area (Å²) in [5.74, 6) is 0. The number of fused-ring (bicyclic) bond motifs is 7. The third kappa shape index (κ3) is 2.40. The van der Waals surface area contributed by atoms with Crippen LogP contribution >= 0.6 is 11.3 Å². The van der Waals surface area contributed by atoms with E-state index in [1.807, 2.05) is 30.6 Å². The molecule has 4 heterocycles. The number of para-hydroxylation sites is 1. The van der Waals surface area contributed by atoms with E-state index in [2.05, 4.69) is 70.2 Å². The fraction of sp³-hybridized carbons (Fsp3) is 0. The van der Waals surface area contributed by atoms with Crippen molar-refractivity contribution >= 4 is 53.4 Å². The maximum atomic E-state index is 4.90. The van der Waals surface area contributed by atoms with Crippen LogP contribution in [0.2, 0.25) is 0 Å². The molecular weight excluding hydrogens is 412 g/mol. The number of hydrogen-bond donors (Lipinski definition) is 0. The predicted molar refractivity (Wildman–Crippen MR) is 132 cm³/mol. The highest BCUT2D eigenvalue weighted by Gasteiger charge is 2.20. The molecule has 7 rings (SSSR count). The Morgan fingerprint density at radius 3 is 2.38 bits per heavy atom. The molecule has 0 atom stereocenters. The molecule has 0 spiro atoms. The van der Waals surface area contributed by atoms with Gasteiger partial charge in [0, 0.05) is 32.6 Å². The van der Waals surface area contributed by atoms with Crippen LogP contribution in [0.1, 0.15) is 0 Å². The van der Waals surface area contributed by atoms with E-state index in [4.69, 9.17) is 9.97 Å². The molecule has 4 aromatic heterocycles. The predicted octanol–water partition coefficient (Wildman–Crippen LogP) is 7.00. The van der Waals surface area contributed by atoms with Crippen molar-refractivity contribution in [1.82, 2.24) is 19.5 Å². The van der Waals surface area contributed by atoms with Crippen LogP contribution in [0, 0.1) is 0 Å². The molecule has 0 aliphatic carbocycles. The first-order valence-corrected chi connectivity index (χ1v) is 11.3. The van der Waals surface area contributed by atoms with Gasteiger partial charge >= 0.3 is 0 Å². The average Bonchev–Trinajstić information content (AvgIpc) is 3.40. The molecule has 0 amide bonds. The molecule has 0 saturated carbocycles. The highest BCUT2D eigenvalue weighted by Crippen LogP contribution is 2.42. The number of rotatable bonds is 2. The van der Waals surface area contributed by atoms with Gasteiger partial charge in [0.25, 0.3) is 0 Å². The summed E-state index contributed by atoms with van der Waals surface area (Å²) in [6, 6.07) is 27.3. The van der Waals surface area contributed by atoms with Gasteiger partial charge in [0.2, 0.25) is 0 Å². The fourth-order valence-corrected chi connectivity index (χ4v) is 5.82. The Balaban J connectivity index is 1.70. The van der Waals surface area contributed by atoms with Crippen LogP contribution in [0.4, 0.5) is 0 Å². The van der Waals surface area contributed by atoms with Gasteiger partial charge in [-0.3, -0.25) is 4.98 Å². The van der Waals surface area contributed by atoms with Gasteiger partial charge in [-0.15, -0.1) is 11.3 Å². The lowest BCUT2D eigenvalue weighted by Gasteiger charge is -2.12. The molecule has 0 saturated heterocycles. The van der Waals surface area contributed by atoms with Crippen LogP contribution in [0.15, 0.2) is 97.6 Å². The van der Waals surface area contributed by atoms with Crippen molar-refractivity contribution in [2.24, 2.45) is 0 Å². The monoisotopic (exact) mass is 428 g/mol. The summed E-state index contributed by atoms with van der Waals surface area (Å²) < 4.78 is 4.74. The highest BCUT2D eigenvalue weighted by atomic mass is 32.1. The molecule has 5 heteroatoms. The summed E-state index contributed by atoms with van der Waals surface area (Å²) in [6.45, 7) is 0. The smallest absolute Gasteiger partial charge is 0.116 e. The zero-order valence-corrected chi connectivity index (χ0v) is 17.8. The molecule has 3 aromatic carbocycles. The maximum Gasteiger partial charge on any atom is 0.116 e. The zero-order valence-electron chi connectivity index (χ0n) is 16.9. The minimum atomic E-state index is 0.911. The number of nitrogens with zero attached hydrogens (tertiary/aromatic N) is 4. The van der Waals surface area contributed by atoms with Gasteiger partial charge in [-0.2, -0.15) is 0 Å². The normalized spacial score (nSPS) is 11.8. The van der Waals surface area contributed by atoms with Gasteiger partial charge in [-0.25, -0.2) is 9.97 Å². The van der Waals surface area contributed by atoms with Crippen molar-refractivity contribution in [3.63, 3.8) is 0 Å². The molecule has 4 nitrogen and oxygen atoms in total. The number of hydrogen-bond acceptors (Lipinski definition) is 4. The summed E-state index contributed by atoms with van der Waals surface area (Å²) in [5, 5.41) is 3.51. The van der Waals surface area contributed by atoms with Gasteiger partial charge in [-0.05, 0) is 12.1 Å². The molecule has 0 fully saturated rings. The highest BCUT2D eigenvalue weighted by molar-refractivity contribution is 7.26. The third-order valence-corrected chi connectivity index (χ3v) is 7.17. The van der Waals surface area contributed by atoms with E-state index in [0.29, 0.717) is 0 Å². The average molecular weight is 429 g/mol. The summed E-state index contributed by atoms with van der Waals surface area (Å²) in [4.78, 5) is 14.0. The Morgan fingerprint density at radius 1 is 0.688 bits per heavy atom. The van der Waals surface area contributed by atoms with Crippen molar-refractivity contribution < 1.29 is 0 Å².